The molecule has 0 heterocycles. The Kier molecular flexibility index (Phi) is 7.49. The Balaban J connectivity index is 3.68. The maximum atomic E-state index is 5.38. The molecule has 4 nitrogen and oxygen atoms in total. The third-order valence-corrected chi connectivity index (χ3v) is 4.29. The quantitative estimate of drug-likeness (QED) is 0.307. The average molecular weight is 206 g/mol. The zero-order valence-corrected chi connectivity index (χ0v) is 10.3. The second kappa shape index (κ2) is 7.46. The first kappa shape index (κ1) is 13.1. The molecule has 5 heteroatoms. The van der Waals surface area contributed by atoms with Crippen molar-refractivity contribution in [2.24, 2.45) is 5.73 Å². The van der Waals surface area contributed by atoms with Crippen molar-refractivity contribution in [1.82, 2.24) is 5.32 Å². The topological polar surface area (TPSA) is 56.5 Å². The van der Waals surface area contributed by atoms with Crippen molar-refractivity contribution >= 4 is 9.52 Å². The second-order valence-electron chi connectivity index (χ2n) is 2.96. The van der Waals surface area contributed by atoms with Gasteiger partial charge in [-0.25, -0.2) is 0 Å². The lowest BCUT2D eigenvalue weighted by molar-refractivity contribution is -0.147. The van der Waals surface area contributed by atoms with Gasteiger partial charge in [0.05, 0.1) is 9.52 Å². The summed E-state index contributed by atoms with van der Waals surface area (Å²) in [6, 6.07) is 0. The molecular weight excluding hydrogens is 184 g/mol. The third-order valence-electron chi connectivity index (χ3n) is 2.29. The number of hydrogen-bond donors (Lipinski definition) is 2. The minimum absolute atomic E-state index is 0.290. The largest absolute Gasteiger partial charge is 0.358 e. The molecule has 0 aromatic carbocycles. The van der Waals surface area contributed by atoms with Gasteiger partial charge in [-0.2, -0.15) is 0 Å². The van der Waals surface area contributed by atoms with E-state index in [1.807, 2.05) is 0 Å². The minimum Gasteiger partial charge on any atom is -0.358 e. The summed E-state index contributed by atoms with van der Waals surface area (Å²) in [5.74, 6) is 0. The summed E-state index contributed by atoms with van der Waals surface area (Å²) in [6.07, 6.45) is 0.905. The van der Waals surface area contributed by atoms with Crippen LogP contribution in [-0.2, 0) is 9.47 Å². The van der Waals surface area contributed by atoms with Crippen LogP contribution in [0.25, 0.3) is 0 Å². The van der Waals surface area contributed by atoms with Crippen LogP contribution in [0, 0.1) is 0 Å². The molecule has 0 radical (unpaired) electrons. The molecule has 13 heavy (non-hydrogen) atoms. The lowest BCUT2D eigenvalue weighted by Gasteiger charge is -2.29. The molecule has 0 aromatic rings. The zero-order chi connectivity index (χ0) is 10.2. The van der Waals surface area contributed by atoms with Gasteiger partial charge in [-0.15, -0.1) is 0 Å². The Bertz CT molecular complexity index is 112. The van der Waals surface area contributed by atoms with Crippen molar-refractivity contribution in [3.05, 3.63) is 0 Å². The molecule has 0 unspecified atom stereocenters. The van der Waals surface area contributed by atoms with Crippen LogP contribution in [0.5, 0.6) is 0 Å². The zero-order valence-electron chi connectivity index (χ0n) is 8.93. The van der Waals surface area contributed by atoms with Crippen LogP contribution in [-0.4, -0.2) is 48.8 Å². The van der Waals surface area contributed by atoms with Crippen molar-refractivity contribution in [3.63, 3.8) is 0 Å². The van der Waals surface area contributed by atoms with Crippen molar-refractivity contribution in [2.45, 2.75) is 18.4 Å². The number of hydrogen-bond acceptors (Lipinski definition) is 4. The van der Waals surface area contributed by atoms with E-state index in [0.717, 1.165) is 19.5 Å². The monoisotopic (exact) mass is 206 g/mol. The van der Waals surface area contributed by atoms with E-state index in [4.69, 9.17) is 15.2 Å². The SMILES string of the molecule is COC(CCNCCN)(OC)[SiH2]C. The number of ether oxygens (including phenoxy) is 2. The van der Waals surface area contributed by atoms with E-state index in [-0.39, 0.29) is 14.9 Å². The first-order chi connectivity index (χ1) is 6.24. The van der Waals surface area contributed by atoms with E-state index < -0.39 is 0 Å². The molecule has 0 aliphatic rings. The fourth-order valence-corrected chi connectivity index (χ4v) is 2.37. The van der Waals surface area contributed by atoms with E-state index in [0.29, 0.717) is 6.54 Å². The summed E-state index contributed by atoms with van der Waals surface area (Å²) in [5.41, 5.74) is 5.07. The predicted octanol–water partition coefficient (Wildman–Crippen LogP) is -0.912. The molecule has 0 aliphatic heterocycles. The highest BCUT2D eigenvalue weighted by Gasteiger charge is 2.26. The third kappa shape index (κ3) is 4.73. The summed E-state index contributed by atoms with van der Waals surface area (Å²) in [6.45, 7) is 4.63. The first-order valence-electron chi connectivity index (χ1n) is 4.75. The van der Waals surface area contributed by atoms with Gasteiger partial charge < -0.3 is 20.5 Å². The van der Waals surface area contributed by atoms with Gasteiger partial charge in [0.1, 0.15) is 5.41 Å². The van der Waals surface area contributed by atoms with Crippen molar-refractivity contribution < 1.29 is 9.47 Å². The van der Waals surface area contributed by atoms with Gasteiger partial charge in [-0.1, -0.05) is 6.55 Å². The molecule has 0 fully saturated rings. The van der Waals surface area contributed by atoms with E-state index in [1.54, 1.807) is 14.2 Å². The van der Waals surface area contributed by atoms with Crippen LogP contribution in [0.1, 0.15) is 6.42 Å². The lowest BCUT2D eigenvalue weighted by Crippen LogP contribution is -2.42. The normalized spacial score (nSPS) is 12.9. The van der Waals surface area contributed by atoms with Crippen molar-refractivity contribution in [3.8, 4) is 0 Å². The summed E-state index contributed by atoms with van der Waals surface area (Å²) >= 11 is 0. The Morgan fingerprint density at radius 3 is 2.31 bits per heavy atom. The molecule has 0 aromatic heterocycles. The summed E-state index contributed by atoms with van der Waals surface area (Å²) in [4.78, 5) is 0. The maximum Gasteiger partial charge on any atom is 0.145 e. The predicted molar refractivity (Wildman–Crippen MR) is 57.7 cm³/mol. The molecule has 0 atom stereocenters. The van der Waals surface area contributed by atoms with Crippen LogP contribution < -0.4 is 11.1 Å². The van der Waals surface area contributed by atoms with Gasteiger partial charge >= 0.3 is 0 Å². The molecule has 0 saturated heterocycles. The van der Waals surface area contributed by atoms with Crippen LogP contribution in [0.3, 0.4) is 0 Å². The van der Waals surface area contributed by atoms with Crippen LogP contribution in [0.4, 0.5) is 0 Å². The molecule has 0 saturated carbocycles. The molecule has 80 valence electrons. The molecule has 0 spiro atoms. The minimum atomic E-state index is -0.329. The van der Waals surface area contributed by atoms with E-state index in [1.165, 1.54) is 0 Å². The van der Waals surface area contributed by atoms with E-state index in [2.05, 4.69) is 11.9 Å². The standard InChI is InChI=1S/C8H22N2O2Si/c1-11-8(12-2,13-3)4-6-10-7-5-9/h10H,4-7,9,13H2,1-3H3. The summed E-state index contributed by atoms with van der Waals surface area (Å²) in [5, 5.41) is 3.23. The van der Waals surface area contributed by atoms with E-state index >= 15 is 0 Å². The first-order valence-corrected chi connectivity index (χ1v) is 6.88. The fraction of sp³-hybridized carbons (Fsp3) is 1.00. The van der Waals surface area contributed by atoms with Gasteiger partial charge in [-0.3, -0.25) is 0 Å². The molecular formula is C8H22N2O2Si. The van der Waals surface area contributed by atoms with Crippen LogP contribution >= 0.6 is 0 Å². The Hall–Kier alpha value is 0.0569. The fourth-order valence-electron chi connectivity index (χ4n) is 1.26. The molecule has 3 N–H and O–H groups in total. The highest BCUT2D eigenvalue weighted by Crippen LogP contribution is 2.13. The maximum absolute atomic E-state index is 5.38. The van der Waals surface area contributed by atoms with Crippen molar-refractivity contribution in [1.29, 1.82) is 0 Å². The Morgan fingerprint density at radius 2 is 1.92 bits per heavy atom. The van der Waals surface area contributed by atoms with Gasteiger partial charge in [0.2, 0.25) is 0 Å². The smallest absolute Gasteiger partial charge is 0.145 e. The molecule has 0 rings (SSSR count). The average Bonchev–Trinajstić information content (AvgIpc) is 2.20. The van der Waals surface area contributed by atoms with Crippen molar-refractivity contribution in [2.75, 3.05) is 33.9 Å². The number of methoxy groups -OCH3 is 2. The highest BCUT2D eigenvalue weighted by molar-refractivity contribution is 6.37. The number of nitrogens with two attached hydrogens (primary N) is 1. The lowest BCUT2D eigenvalue weighted by atomic mass is 10.4. The second-order valence-corrected chi connectivity index (χ2v) is 4.75. The van der Waals surface area contributed by atoms with Gasteiger partial charge in [0.15, 0.2) is 0 Å². The summed E-state index contributed by atoms with van der Waals surface area (Å²) < 4.78 is 10.8. The number of nitrogens with one attached hydrogen (secondary N) is 1. The van der Waals surface area contributed by atoms with Gasteiger partial charge in [-0.05, 0) is 6.54 Å². The van der Waals surface area contributed by atoms with Gasteiger partial charge in [0.25, 0.3) is 0 Å². The van der Waals surface area contributed by atoms with Crippen LogP contribution in [0.15, 0.2) is 0 Å². The van der Waals surface area contributed by atoms with Gasteiger partial charge in [0, 0.05) is 33.7 Å². The van der Waals surface area contributed by atoms with E-state index in [9.17, 15) is 0 Å². The Morgan fingerprint density at radius 1 is 1.31 bits per heavy atom. The van der Waals surface area contributed by atoms with Crippen LogP contribution in [0.2, 0.25) is 6.55 Å². The molecule has 0 aliphatic carbocycles. The molecule has 0 bridgehead atoms. The Labute approximate surface area is 83.0 Å². The summed E-state index contributed by atoms with van der Waals surface area (Å²) in [7, 11) is 3.09. The molecule has 0 amide bonds. The number of rotatable bonds is 8. The highest BCUT2D eigenvalue weighted by atomic mass is 28.2.